The zero-order valence-electron chi connectivity index (χ0n) is 77.8. The summed E-state index contributed by atoms with van der Waals surface area (Å²) >= 11 is 0. The predicted octanol–water partition coefficient (Wildman–Crippen LogP) is 22.9. The Bertz CT molecular complexity index is 8880. The summed E-state index contributed by atoms with van der Waals surface area (Å²) in [6, 6.07) is 51.4. The molecule has 0 amide bonds. The standard InChI is InChI=1S/C96H57BN6/c1-2-23-58(24-3-1)59-45-47-60(48-46-59)101-89-56-62(99-83-40-17-11-32-71(83)72-33-12-18-41-84(72)99)49-51-79(89)97-80-55-63(100-85-42-19-13-34-73(85)74-35-14-20-43-86(74)100)54-78-77-53-61(98-81-38-15-9-30-69(81)70-31-10-16-39-82(70)98)50-52-88(77)103(95(78)80)91-57-90-92(96(101)93(91)97)76-37-22-36-75-67-28-7-5-26-65(67)64-25-4-6-27-66(64)68-29-8-21-44-87(68)102(90)94(75)76/h1-57H/i9D,10D,11D,12D,13D,14D,15D,16D,17D,18D,19D,20D,30D,31D,32D,33D,34D,35D,38D,39D,40D,41D,42D,43D. The first-order chi connectivity index (χ1) is 61.1. The van der Waals surface area contributed by atoms with E-state index in [-0.39, 0.29) is 82.5 Å². The molecule has 24 rings (SSSR count). The number of benzene rings is 16. The molecular formula is C96H57BN6. The second-order valence-corrected chi connectivity index (χ2v) is 26.4. The average Bonchev–Trinajstić information content (AvgIpc) is 1.53. The molecule has 0 atom stereocenters. The summed E-state index contributed by atoms with van der Waals surface area (Å²) in [7, 11) is 0. The van der Waals surface area contributed by atoms with Crippen molar-refractivity contribution >= 4 is 187 Å². The Morgan fingerprint density at radius 3 is 1.27 bits per heavy atom. The lowest BCUT2D eigenvalue weighted by Gasteiger charge is -2.41. The van der Waals surface area contributed by atoms with E-state index in [4.69, 9.17) is 5.48 Å². The van der Waals surface area contributed by atoms with Crippen molar-refractivity contribution in [2.75, 3.05) is 4.90 Å². The highest BCUT2D eigenvalue weighted by molar-refractivity contribution is 7.00. The molecule has 7 heteroatoms. The van der Waals surface area contributed by atoms with Gasteiger partial charge in [0.1, 0.15) is 0 Å². The van der Waals surface area contributed by atoms with Crippen molar-refractivity contribution in [1.29, 1.82) is 0 Å². The van der Waals surface area contributed by atoms with Gasteiger partial charge in [-0.15, -0.1) is 0 Å². The normalized spacial score (nSPS) is 16.1. The Morgan fingerprint density at radius 2 is 0.689 bits per heavy atom. The van der Waals surface area contributed by atoms with E-state index >= 15 is 0 Å². The topological polar surface area (TPSA) is 27.4 Å². The van der Waals surface area contributed by atoms with Crippen LogP contribution in [0.3, 0.4) is 0 Å². The van der Waals surface area contributed by atoms with Crippen LogP contribution in [0.25, 0.3) is 181 Å². The number of aromatic nitrogens is 5. The number of hydrogen-bond donors (Lipinski definition) is 0. The van der Waals surface area contributed by atoms with E-state index in [2.05, 4.69) is 68.5 Å². The maximum absolute atomic E-state index is 10.0. The summed E-state index contributed by atoms with van der Waals surface area (Å²) < 4.78 is 236. The molecule has 6 aromatic heterocycles. The second-order valence-electron chi connectivity index (χ2n) is 26.4. The molecule has 0 unspecified atom stereocenters. The minimum atomic E-state index is -1.04. The fourth-order valence-corrected chi connectivity index (χ4v) is 17.5. The van der Waals surface area contributed by atoms with E-state index in [1.54, 1.807) is 24.3 Å². The third-order valence-corrected chi connectivity index (χ3v) is 21.5. The van der Waals surface area contributed by atoms with E-state index in [1.165, 1.54) is 13.7 Å². The summed E-state index contributed by atoms with van der Waals surface area (Å²) in [6.45, 7) is -1.04. The second kappa shape index (κ2) is 20.5. The highest BCUT2D eigenvalue weighted by Gasteiger charge is 2.45. The molecular weight excluding hydrogens is 1250 g/mol. The Kier molecular flexibility index (Phi) is 7.48. The highest BCUT2D eigenvalue weighted by Crippen LogP contribution is 2.51. The molecule has 2 aliphatic rings. The van der Waals surface area contributed by atoms with Crippen LogP contribution in [0.2, 0.25) is 0 Å². The molecule has 0 radical (unpaired) electrons. The molecule has 0 saturated carbocycles. The van der Waals surface area contributed by atoms with Crippen molar-refractivity contribution in [1.82, 2.24) is 22.7 Å². The quantitative estimate of drug-likeness (QED) is 0.158. The lowest BCUT2D eigenvalue weighted by molar-refractivity contribution is 1.16. The van der Waals surface area contributed by atoms with Gasteiger partial charge in [-0.1, -0.05) is 242 Å². The van der Waals surface area contributed by atoms with Crippen LogP contribution in [0.4, 0.5) is 17.1 Å². The average molecular weight is 1330 g/mol. The van der Waals surface area contributed by atoms with Gasteiger partial charge in [0.05, 0.1) is 93.8 Å². The number of para-hydroxylation sites is 8. The lowest BCUT2D eigenvalue weighted by Crippen LogP contribution is -2.60. The van der Waals surface area contributed by atoms with Gasteiger partial charge in [0.25, 0.3) is 6.71 Å². The maximum Gasteiger partial charge on any atom is 0.252 e. The zero-order valence-corrected chi connectivity index (χ0v) is 53.8. The molecule has 0 bridgehead atoms. The van der Waals surface area contributed by atoms with Gasteiger partial charge < -0.3 is 27.6 Å². The smallest absolute Gasteiger partial charge is 0.252 e. The molecule has 8 heterocycles. The fourth-order valence-electron chi connectivity index (χ4n) is 17.5. The SMILES string of the molecule is [2H]c1c([2H])c([2H])c2c(c1[2H])c1c([2H])c([2H])c([2H])c([2H])c1n2-c1ccc2c(c1)N(c1ccc(-c3ccccc3)cc1)c1c3c(cc4c1c1cccc5c6ccccc6c6ccccc6c6ccccc6n4c51)-n1c4ccc(-n5c6c([2H])c([2H])c([2H])c([2H])c6c6c([2H])c([2H])c([2H])c([2H])c65)cc4c4cc(-n5c6c([2H])c([2H])c([2H])c([2H])c6c6c([2H])c([2H])c([2H])c([2H])c65)cc(c41)B23. The molecule has 0 aliphatic carbocycles. The zero-order chi connectivity index (χ0) is 87.7. The molecule has 6 nitrogen and oxygen atoms in total. The Morgan fingerprint density at radius 1 is 0.243 bits per heavy atom. The summed E-state index contributed by atoms with van der Waals surface area (Å²) in [5.74, 6) is 0. The molecule has 474 valence electrons. The van der Waals surface area contributed by atoms with E-state index in [0.29, 0.717) is 66.5 Å². The van der Waals surface area contributed by atoms with E-state index in [0.717, 1.165) is 65.3 Å². The van der Waals surface area contributed by atoms with Crippen LogP contribution >= 0.6 is 0 Å². The largest absolute Gasteiger partial charge is 0.311 e. The van der Waals surface area contributed by atoms with Gasteiger partial charge in [-0.05, 0) is 152 Å². The van der Waals surface area contributed by atoms with Gasteiger partial charge >= 0.3 is 0 Å². The Labute approximate surface area is 624 Å². The third-order valence-electron chi connectivity index (χ3n) is 21.5. The van der Waals surface area contributed by atoms with Crippen LogP contribution in [0.1, 0.15) is 32.9 Å². The van der Waals surface area contributed by atoms with Gasteiger partial charge in [0, 0.05) is 104 Å². The summed E-state index contributed by atoms with van der Waals surface area (Å²) in [6.07, 6.45) is 0. The molecule has 0 fully saturated rings. The number of hydrogen-bond acceptors (Lipinski definition) is 1. The fraction of sp³-hybridized carbons (Fsp3) is 0. The van der Waals surface area contributed by atoms with Gasteiger partial charge in [-0.3, -0.25) is 0 Å². The van der Waals surface area contributed by atoms with Gasteiger partial charge in [0.15, 0.2) is 0 Å². The molecule has 0 saturated heterocycles. The van der Waals surface area contributed by atoms with Crippen molar-refractivity contribution < 1.29 is 32.9 Å². The molecule has 0 spiro atoms. The molecule has 2 aliphatic heterocycles. The Hall–Kier alpha value is -13.6. The molecule has 103 heavy (non-hydrogen) atoms. The first-order valence-electron chi connectivity index (χ1n) is 45.8. The van der Waals surface area contributed by atoms with Crippen LogP contribution in [-0.2, 0) is 0 Å². The van der Waals surface area contributed by atoms with E-state index in [9.17, 15) is 27.4 Å². The van der Waals surface area contributed by atoms with Crippen molar-refractivity contribution in [3.05, 3.63) is 345 Å². The number of anilines is 3. The van der Waals surface area contributed by atoms with E-state index in [1.807, 2.05) is 121 Å². The molecule has 22 aromatic rings. The predicted molar refractivity (Wildman–Crippen MR) is 436 cm³/mol. The van der Waals surface area contributed by atoms with Crippen LogP contribution in [0, 0.1) is 0 Å². The summed E-state index contributed by atoms with van der Waals surface area (Å²) in [5.41, 5.74) is 8.59. The van der Waals surface area contributed by atoms with Gasteiger partial charge in [-0.25, -0.2) is 0 Å². The van der Waals surface area contributed by atoms with Crippen molar-refractivity contribution in [3.63, 3.8) is 0 Å². The van der Waals surface area contributed by atoms with Crippen LogP contribution in [0.15, 0.2) is 345 Å². The van der Waals surface area contributed by atoms with E-state index < -0.39 is 152 Å². The third kappa shape index (κ3) is 7.36. The van der Waals surface area contributed by atoms with Crippen LogP contribution in [-0.4, -0.2) is 29.4 Å². The van der Waals surface area contributed by atoms with Crippen LogP contribution < -0.4 is 21.3 Å². The summed E-state index contributed by atoms with van der Waals surface area (Å²) in [5, 5.41) is 6.83. The van der Waals surface area contributed by atoms with Crippen molar-refractivity contribution in [2.24, 2.45) is 0 Å². The summed E-state index contributed by atoms with van der Waals surface area (Å²) in [4.78, 5) is 2.17. The number of rotatable bonds is 5. The first kappa shape index (κ1) is 37.5. The maximum atomic E-state index is 10.0. The monoisotopic (exact) mass is 1330 g/mol. The van der Waals surface area contributed by atoms with Gasteiger partial charge in [0.2, 0.25) is 0 Å². The number of fused-ring (bicyclic) bond motifs is 27. The minimum absolute atomic E-state index is 0.130. The highest BCUT2D eigenvalue weighted by atomic mass is 15.2. The Balaban J connectivity index is 0.953. The molecule has 16 aromatic carbocycles. The van der Waals surface area contributed by atoms with Crippen molar-refractivity contribution in [2.45, 2.75) is 0 Å². The first-order valence-corrected chi connectivity index (χ1v) is 33.8. The lowest BCUT2D eigenvalue weighted by atomic mass is 9.33. The molecule has 0 N–H and O–H groups in total. The number of nitrogens with zero attached hydrogens (tertiary/aromatic N) is 6. The van der Waals surface area contributed by atoms with Crippen molar-refractivity contribution in [3.8, 4) is 33.9 Å². The van der Waals surface area contributed by atoms with Gasteiger partial charge in [-0.2, -0.15) is 0 Å². The van der Waals surface area contributed by atoms with Crippen LogP contribution in [0.5, 0.6) is 0 Å². The minimum Gasteiger partial charge on any atom is -0.311 e.